The highest BCUT2D eigenvalue weighted by Crippen LogP contribution is 2.15. The number of hydrogen-bond acceptors (Lipinski definition) is 4. The van der Waals surface area contributed by atoms with Gasteiger partial charge in [-0.05, 0) is 48.9 Å². The molecule has 0 atom stereocenters. The zero-order chi connectivity index (χ0) is 14.9. The summed E-state index contributed by atoms with van der Waals surface area (Å²) in [6.07, 6.45) is 4.27. The Balaban J connectivity index is 1.72. The average Bonchev–Trinajstić information content (AvgIpc) is 2.54. The van der Waals surface area contributed by atoms with Gasteiger partial charge in [-0.25, -0.2) is 4.98 Å². The van der Waals surface area contributed by atoms with E-state index in [1.54, 1.807) is 6.20 Å². The lowest BCUT2D eigenvalue weighted by Gasteiger charge is -2.04. The van der Waals surface area contributed by atoms with Crippen LogP contribution in [0.4, 0.5) is 0 Å². The Labute approximate surface area is 127 Å². The van der Waals surface area contributed by atoms with E-state index in [0.29, 0.717) is 6.42 Å². The van der Waals surface area contributed by atoms with Crippen LogP contribution >= 0.6 is 0 Å². The molecule has 3 aromatic heterocycles. The van der Waals surface area contributed by atoms with Crippen molar-refractivity contribution < 1.29 is 0 Å². The van der Waals surface area contributed by atoms with Crippen LogP contribution in [0, 0.1) is 6.92 Å². The normalized spacial score (nSPS) is 11.1. The maximum atomic E-state index is 4.69. The number of aromatic nitrogens is 4. The minimum Gasteiger partial charge on any atom is -0.255 e. The van der Waals surface area contributed by atoms with Crippen molar-refractivity contribution in [3.05, 3.63) is 71.8 Å². The summed E-state index contributed by atoms with van der Waals surface area (Å²) < 4.78 is 0. The lowest BCUT2D eigenvalue weighted by atomic mass is 10.2. The van der Waals surface area contributed by atoms with Crippen molar-refractivity contribution >= 4 is 22.1 Å². The molecule has 0 saturated carbocycles. The fourth-order valence-corrected chi connectivity index (χ4v) is 2.53. The molecule has 4 nitrogen and oxygen atoms in total. The summed E-state index contributed by atoms with van der Waals surface area (Å²) in [5.74, 6) is 0. The molecule has 0 amide bonds. The van der Waals surface area contributed by atoms with Crippen LogP contribution in [0.3, 0.4) is 0 Å². The molecule has 0 bridgehead atoms. The topological polar surface area (TPSA) is 51.6 Å². The van der Waals surface area contributed by atoms with Gasteiger partial charge < -0.3 is 0 Å². The van der Waals surface area contributed by atoms with E-state index in [-0.39, 0.29) is 0 Å². The monoisotopic (exact) mass is 286 g/mol. The number of benzene rings is 1. The van der Waals surface area contributed by atoms with Gasteiger partial charge in [0.1, 0.15) is 0 Å². The minimum absolute atomic E-state index is 0.668. The van der Waals surface area contributed by atoms with Gasteiger partial charge in [0.15, 0.2) is 0 Å². The van der Waals surface area contributed by atoms with Gasteiger partial charge in [-0.3, -0.25) is 15.0 Å². The van der Waals surface area contributed by atoms with Crippen molar-refractivity contribution in [3.63, 3.8) is 0 Å². The van der Waals surface area contributed by atoms with E-state index in [2.05, 4.69) is 34.0 Å². The molecule has 4 heteroatoms. The largest absolute Gasteiger partial charge is 0.255 e. The third kappa shape index (κ3) is 2.39. The van der Waals surface area contributed by atoms with Crippen LogP contribution in [0.15, 0.2) is 54.9 Å². The Kier molecular flexibility index (Phi) is 3.00. The van der Waals surface area contributed by atoms with Crippen molar-refractivity contribution in [1.82, 2.24) is 19.9 Å². The highest BCUT2D eigenvalue weighted by molar-refractivity contribution is 5.75. The van der Waals surface area contributed by atoms with E-state index in [4.69, 9.17) is 4.98 Å². The van der Waals surface area contributed by atoms with E-state index in [9.17, 15) is 0 Å². The van der Waals surface area contributed by atoms with Crippen molar-refractivity contribution in [1.29, 1.82) is 0 Å². The number of rotatable bonds is 2. The molecule has 0 aliphatic rings. The molecule has 4 aromatic rings. The zero-order valence-corrected chi connectivity index (χ0v) is 12.2. The number of pyridine rings is 2. The average molecular weight is 286 g/mol. The Bertz CT molecular complexity index is 979. The van der Waals surface area contributed by atoms with Gasteiger partial charge in [0.05, 0.1) is 27.8 Å². The standard InChI is InChI=1S/C18H14N4/c1-12-4-6-16-18(9-12)22-14(11-20-16)10-13-5-7-15-17(21-13)3-2-8-19-15/h2-9,11H,10H2,1H3. The molecule has 0 saturated heterocycles. The Morgan fingerprint density at radius 3 is 2.55 bits per heavy atom. The molecule has 1 aromatic carbocycles. The van der Waals surface area contributed by atoms with Crippen LogP contribution < -0.4 is 0 Å². The molecule has 0 fully saturated rings. The second kappa shape index (κ2) is 5.15. The Morgan fingerprint density at radius 1 is 0.773 bits per heavy atom. The van der Waals surface area contributed by atoms with Crippen LogP contribution in [0.25, 0.3) is 22.1 Å². The summed E-state index contributed by atoms with van der Waals surface area (Å²) in [6.45, 7) is 2.06. The second-order valence-corrected chi connectivity index (χ2v) is 5.37. The number of nitrogens with zero attached hydrogens (tertiary/aromatic N) is 4. The predicted octanol–water partition coefficient (Wildman–Crippen LogP) is 3.47. The fourth-order valence-electron chi connectivity index (χ4n) is 2.53. The zero-order valence-electron chi connectivity index (χ0n) is 12.2. The maximum absolute atomic E-state index is 4.69. The number of hydrogen-bond donors (Lipinski definition) is 0. The molecule has 0 aliphatic carbocycles. The van der Waals surface area contributed by atoms with E-state index in [1.807, 2.05) is 36.5 Å². The van der Waals surface area contributed by atoms with Gasteiger partial charge >= 0.3 is 0 Å². The lowest BCUT2D eigenvalue weighted by molar-refractivity contribution is 1.02. The van der Waals surface area contributed by atoms with Gasteiger partial charge in [0.25, 0.3) is 0 Å². The summed E-state index contributed by atoms with van der Waals surface area (Å²) >= 11 is 0. The summed E-state index contributed by atoms with van der Waals surface area (Å²) in [6, 6.07) is 14.0. The van der Waals surface area contributed by atoms with E-state index in [1.165, 1.54) is 5.56 Å². The van der Waals surface area contributed by atoms with E-state index < -0.39 is 0 Å². The first-order chi connectivity index (χ1) is 10.8. The van der Waals surface area contributed by atoms with E-state index >= 15 is 0 Å². The molecule has 0 radical (unpaired) electrons. The molecular formula is C18H14N4. The number of fused-ring (bicyclic) bond motifs is 2. The smallest absolute Gasteiger partial charge is 0.0892 e. The van der Waals surface area contributed by atoms with Gasteiger partial charge in [-0.2, -0.15) is 0 Å². The van der Waals surface area contributed by atoms with Gasteiger partial charge in [0, 0.05) is 24.5 Å². The van der Waals surface area contributed by atoms with Crippen LogP contribution in [0.5, 0.6) is 0 Å². The predicted molar refractivity (Wildman–Crippen MR) is 86.6 cm³/mol. The van der Waals surface area contributed by atoms with E-state index in [0.717, 1.165) is 33.5 Å². The molecule has 0 spiro atoms. The fraction of sp³-hybridized carbons (Fsp3) is 0.111. The summed E-state index contributed by atoms with van der Waals surface area (Å²) in [5.41, 5.74) is 6.76. The van der Waals surface area contributed by atoms with Gasteiger partial charge in [0.2, 0.25) is 0 Å². The lowest BCUT2D eigenvalue weighted by Crippen LogP contribution is -1.98. The van der Waals surface area contributed by atoms with Crippen LogP contribution in [-0.4, -0.2) is 19.9 Å². The highest BCUT2D eigenvalue weighted by atomic mass is 14.8. The Morgan fingerprint density at radius 2 is 1.59 bits per heavy atom. The molecule has 4 rings (SSSR count). The molecule has 3 heterocycles. The molecule has 0 unspecified atom stereocenters. The number of aryl methyl sites for hydroxylation is 1. The summed E-state index contributed by atoms with van der Waals surface area (Å²) in [5, 5.41) is 0. The van der Waals surface area contributed by atoms with Crippen LogP contribution in [0.1, 0.15) is 17.0 Å². The van der Waals surface area contributed by atoms with Crippen LogP contribution in [-0.2, 0) is 6.42 Å². The molecule has 22 heavy (non-hydrogen) atoms. The first-order valence-corrected chi connectivity index (χ1v) is 7.21. The van der Waals surface area contributed by atoms with Crippen LogP contribution in [0.2, 0.25) is 0 Å². The van der Waals surface area contributed by atoms with Crippen molar-refractivity contribution in [2.75, 3.05) is 0 Å². The van der Waals surface area contributed by atoms with Gasteiger partial charge in [-0.1, -0.05) is 6.07 Å². The third-order valence-corrected chi connectivity index (χ3v) is 3.62. The quantitative estimate of drug-likeness (QED) is 0.566. The highest BCUT2D eigenvalue weighted by Gasteiger charge is 2.04. The molecule has 0 aliphatic heterocycles. The third-order valence-electron chi connectivity index (χ3n) is 3.62. The van der Waals surface area contributed by atoms with Crippen molar-refractivity contribution in [2.45, 2.75) is 13.3 Å². The molecular weight excluding hydrogens is 272 g/mol. The SMILES string of the molecule is Cc1ccc2ncc(Cc3ccc4ncccc4n3)nc2c1. The van der Waals surface area contributed by atoms with Crippen molar-refractivity contribution in [2.24, 2.45) is 0 Å². The first kappa shape index (κ1) is 12.8. The Hall–Kier alpha value is -2.88. The van der Waals surface area contributed by atoms with Crippen molar-refractivity contribution in [3.8, 4) is 0 Å². The summed E-state index contributed by atoms with van der Waals surface area (Å²) in [7, 11) is 0. The maximum Gasteiger partial charge on any atom is 0.0892 e. The minimum atomic E-state index is 0.668. The first-order valence-electron chi connectivity index (χ1n) is 7.21. The molecule has 106 valence electrons. The summed E-state index contributed by atoms with van der Waals surface area (Å²) in [4.78, 5) is 18.1. The van der Waals surface area contributed by atoms with Gasteiger partial charge in [-0.15, -0.1) is 0 Å². The second-order valence-electron chi connectivity index (χ2n) is 5.37. The molecule has 0 N–H and O–H groups in total.